The molecule has 7 heteroatoms. The Kier molecular flexibility index (Phi) is 4.57. The fraction of sp³-hybridized carbons (Fsp3) is 0.348. The summed E-state index contributed by atoms with van der Waals surface area (Å²) in [5.74, 6) is -0.483. The zero-order chi connectivity index (χ0) is 20.9. The van der Waals surface area contributed by atoms with Crippen LogP contribution < -0.4 is 4.72 Å². The summed E-state index contributed by atoms with van der Waals surface area (Å²) in [6.45, 7) is 1.91. The van der Waals surface area contributed by atoms with Crippen LogP contribution in [0.15, 0.2) is 66.7 Å². The number of esters is 1. The molecule has 1 N–H and O–H groups in total. The largest absolute Gasteiger partial charge is 0.454 e. The minimum atomic E-state index is -3.63. The molecule has 0 unspecified atom stereocenters. The quantitative estimate of drug-likeness (QED) is 0.601. The van der Waals surface area contributed by atoms with E-state index in [0.29, 0.717) is 18.4 Å². The number of carbonyl (C=O) groups is 1. The van der Waals surface area contributed by atoms with Crippen LogP contribution in [0.2, 0.25) is 0 Å². The van der Waals surface area contributed by atoms with Crippen molar-refractivity contribution in [2.24, 2.45) is 0 Å². The smallest absolute Gasteiger partial charge is 0.338 e. The number of ether oxygens (including phenoxy) is 2. The van der Waals surface area contributed by atoms with Gasteiger partial charge in [-0.25, -0.2) is 17.9 Å². The molecule has 5 atom stereocenters. The summed E-state index contributed by atoms with van der Waals surface area (Å²) >= 11 is 0. The Hall–Kier alpha value is -2.48. The number of aryl methyl sites for hydroxylation is 1. The predicted molar refractivity (Wildman–Crippen MR) is 112 cm³/mol. The Morgan fingerprint density at radius 3 is 2.73 bits per heavy atom. The van der Waals surface area contributed by atoms with Gasteiger partial charge in [0.2, 0.25) is 10.0 Å². The molecule has 3 heterocycles. The molecule has 3 aliphatic heterocycles. The van der Waals surface area contributed by atoms with Gasteiger partial charge in [0, 0.05) is 0 Å². The van der Waals surface area contributed by atoms with Crippen LogP contribution in [-0.4, -0.2) is 43.5 Å². The van der Waals surface area contributed by atoms with Gasteiger partial charge in [0.05, 0.1) is 17.7 Å². The van der Waals surface area contributed by atoms with Gasteiger partial charge in [-0.3, -0.25) is 0 Å². The van der Waals surface area contributed by atoms with E-state index in [0.717, 1.165) is 11.1 Å². The molecular weight excluding hydrogens is 402 g/mol. The second-order valence-electron chi connectivity index (χ2n) is 8.25. The Morgan fingerprint density at radius 2 is 2.00 bits per heavy atom. The van der Waals surface area contributed by atoms with Crippen molar-refractivity contribution < 1.29 is 22.7 Å². The van der Waals surface area contributed by atoms with Gasteiger partial charge in [-0.1, -0.05) is 54.1 Å². The zero-order valence-corrected chi connectivity index (χ0v) is 17.3. The van der Waals surface area contributed by atoms with Crippen LogP contribution in [0.5, 0.6) is 0 Å². The first-order valence-electron chi connectivity index (χ1n) is 10.1. The molecule has 3 aliphatic rings. The van der Waals surface area contributed by atoms with Gasteiger partial charge >= 0.3 is 5.97 Å². The summed E-state index contributed by atoms with van der Waals surface area (Å²) in [4.78, 5) is 13.0. The zero-order valence-electron chi connectivity index (χ0n) is 16.5. The summed E-state index contributed by atoms with van der Waals surface area (Å²) in [5.41, 5.74) is 1.18. The van der Waals surface area contributed by atoms with E-state index in [1.165, 1.54) is 0 Å². The van der Waals surface area contributed by atoms with Crippen molar-refractivity contribution in [2.75, 3.05) is 0 Å². The van der Waals surface area contributed by atoms with Crippen LogP contribution in [0, 0.1) is 6.92 Å². The lowest BCUT2D eigenvalue weighted by atomic mass is 9.83. The average molecular weight is 426 g/mol. The van der Waals surface area contributed by atoms with E-state index >= 15 is 0 Å². The van der Waals surface area contributed by atoms with Crippen molar-refractivity contribution in [1.29, 1.82) is 0 Å². The maximum atomic E-state index is 13.0. The highest BCUT2D eigenvalue weighted by Gasteiger charge is 2.66. The van der Waals surface area contributed by atoms with Crippen LogP contribution >= 0.6 is 0 Å². The van der Waals surface area contributed by atoms with Crippen molar-refractivity contribution in [3.8, 4) is 0 Å². The fourth-order valence-corrected chi connectivity index (χ4v) is 6.82. The van der Waals surface area contributed by atoms with Gasteiger partial charge < -0.3 is 9.47 Å². The number of benzene rings is 2. The molecule has 0 amide bonds. The minimum Gasteiger partial charge on any atom is -0.454 e. The van der Waals surface area contributed by atoms with Crippen molar-refractivity contribution in [2.45, 2.75) is 48.9 Å². The maximum absolute atomic E-state index is 13.0. The van der Waals surface area contributed by atoms with Gasteiger partial charge in [0.25, 0.3) is 0 Å². The van der Waals surface area contributed by atoms with Crippen LogP contribution in [-0.2, 0) is 25.9 Å². The normalized spacial score (nSPS) is 33.2. The van der Waals surface area contributed by atoms with Gasteiger partial charge in [-0.05, 0) is 43.5 Å². The highest BCUT2D eigenvalue weighted by atomic mass is 32.2. The molecule has 2 saturated heterocycles. The Bertz CT molecular complexity index is 1110. The number of hydrogen-bond acceptors (Lipinski definition) is 5. The van der Waals surface area contributed by atoms with E-state index in [1.54, 1.807) is 24.3 Å². The van der Waals surface area contributed by atoms with Crippen molar-refractivity contribution in [3.63, 3.8) is 0 Å². The van der Waals surface area contributed by atoms with Crippen LogP contribution in [0.25, 0.3) is 0 Å². The molecule has 30 heavy (non-hydrogen) atoms. The Labute approximate surface area is 175 Å². The molecule has 6 nitrogen and oxygen atoms in total. The number of sulfonamides is 1. The van der Waals surface area contributed by atoms with E-state index < -0.39 is 39.0 Å². The van der Waals surface area contributed by atoms with Crippen LogP contribution in [0.1, 0.15) is 27.9 Å². The molecule has 156 valence electrons. The molecule has 5 rings (SSSR count). The molecule has 2 bridgehead atoms. The number of nitrogens with one attached hydrogen (secondary N) is 1. The number of carbonyl (C=O) groups excluding carboxylic acids is 1. The molecule has 0 saturated carbocycles. The van der Waals surface area contributed by atoms with Crippen LogP contribution in [0.4, 0.5) is 0 Å². The number of fused-ring (bicyclic) bond motifs is 1. The summed E-state index contributed by atoms with van der Waals surface area (Å²) in [5, 5.41) is -0.776. The first kappa shape index (κ1) is 19.5. The second kappa shape index (κ2) is 7.04. The van der Waals surface area contributed by atoms with Gasteiger partial charge in [0.15, 0.2) is 6.10 Å². The lowest BCUT2D eigenvalue weighted by Crippen LogP contribution is -2.68. The Morgan fingerprint density at radius 1 is 1.20 bits per heavy atom. The lowest BCUT2D eigenvalue weighted by molar-refractivity contribution is -0.0867. The average Bonchev–Trinajstić information content (AvgIpc) is 3.31. The third-order valence-corrected chi connectivity index (χ3v) is 8.10. The molecule has 1 spiro atoms. The van der Waals surface area contributed by atoms with Crippen LogP contribution in [0.3, 0.4) is 0 Å². The molecule has 2 aromatic rings. The van der Waals surface area contributed by atoms with E-state index in [-0.39, 0.29) is 6.10 Å². The summed E-state index contributed by atoms with van der Waals surface area (Å²) < 4.78 is 41.0. The maximum Gasteiger partial charge on any atom is 0.338 e. The number of rotatable bonds is 4. The van der Waals surface area contributed by atoms with E-state index in [1.807, 2.05) is 49.4 Å². The summed E-state index contributed by atoms with van der Waals surface area (Å²) in [6.07, 6.45) is 3.37. The van der Waals surface area contributed by atoms with Crippen molar-refractivity contribution in [1.82, 2.24) is 4.72 Å². The highest BCUT2D eigenvalue weighted by molar-refractivity contribution is 7.90. The topological polar surface area (TPSA) is 81.7 Å². The molecule has 0 aromatic heterocycles. The summed E-state index contributed by atoms with van der Waals surface area (Å²) in [7, 11) is -3.63. The standard InChI is InChI=1S/C23H23NO5S/c1-15-6-5-9-17(12-15)22(25)28-21-19(13-16-7-3-2-4-8-16)24-30(26,27)20-14-18-10-11-23(20,21)29-18/h2-12,18-21,24H,13-14H2,1H3/t18-,19-,20-,21+,23+/m0/s1. The number of hydrogen-bond donors (Lipinski definition) is 1. The van der Waals surface area contributed by atoms with E-state index in [9.17, 15) is 13.2 Å². The lowest BCUT2D eigenvalue weighted by Gasteiger charge is -2.45. The molecule has 2 fully saturated rings. The van der Waals surface area contributed by atoms with Gasteiger partial charge in [-0.15, -0.1) is 0 Å². The third-order valence-electron chi connectivity index (χ3n) is 6.16. The SMILES string of the molecule is Cc1cccc(C(=O)O[C@@H]2[C@H](Cc3ccccc3)NS(=O)(=O)[C@H]3C[C@@H]4C=C[C@]23O4)c1. The molecule has 2 aromatic carbocycles. The van der Waals surface area contributed by atoms with E-state index in [4.69, 9.17) is 9.47 Å². The second-order valence-corrected chi connectivity index (χ2v) is 10.1. The third kappa shape index (κ3) is 3.17. The van der Waals surface area contributed by atoms with Crippen molar-refractivity contribution >= 4 is 16.0 Å². The van der Waals surface area contributed by atoms with Gasteiger partial charge in [0.1, 0.15) is 10.9 Å². The predicted octanol–water partition coefficient (Wildman–Crippen LogP) is 2.53. The highest BCUT2D eigenvalue weighted by Crippen LogP contribution is 2.48. The minimum absolute atomic E-state index is 0.276. The first-order valence-corrected chi connectivity index (χ1v) is 11.6. The molecular formula is C23H23NO5S. The van der Waals surface area contributed by atoms with Gasteiger partial charge in [-0.2, -0.15) is 0 Å². The first-order chi connectivity index (χ1) is 14.4. The molecule has 0 aliphatic carbocycles. The summed E-state index contributed by atoms with van der Waals surface area (Å²) in [6, 6.07) is 16.1. The Balaban J connectivity index is 1.52. The van der Waals surface area contributed by atoms with E-state index in [2.05, 4.69) is 4.72 Å². The fourth-order valence-electron chi connectivity index (χ4n) is 4.83. The monoisotopic (exact) mass is 425 g/mol. The van der Waals surface area contributed by atoms with Crippen molar-refractivity contribution in [3.05, 3.63) is 83.4 Å². The molecule has 0 radical (unpaired) electrons.